The first kappa shape index (κ1) is 17.0. The summed E-state index contributed by atoms with van der Waals surface area (Å²) in [6, 6.07) is 7.56. The van der Waals surface area contributed by atoms with E-state index < -0.39 is 23.9 Å². The Kier molecular flexibility index (Phi) is 3.62. The molecule has 0 amide bonds. The Labute approximate surface area is 153 Å². The number of fused-ring (bicyclic) bond motifs is 2. The summed E-state index contributed by atoms with van der Waals surface area (Å²) >= 11 is 0. The van der Waals surface area contributed by atoms with E-state index in [0.29, 0.717) is 12.0 Å². The van der Waals surface area contributed by atoms with Crippen LogP contribution in [0.15, 0.2) is 30.3 Å². The Bertz CT molecular complexity index is 1050. The summed E-state index contributed by atoms with van der Waals surface area (Å²) in [6.45, 7) is 1.98. The molecule has 0 spiro atoms. The van der Waals surface area contributed by atoms with Crippen LogP contribution in [-0.4, -0.2) is 34.1 Å². The highest BCUT2D eigenvalue weighted by Crippen LogP contribution is 2.47. The number of carboxylic acid groups (broad SMARTS) is 2. The average molecular weight is 366 g/mol. The van der Waals surface area contributed by atoms with Gasteiger partial charge in [-0.15, -0.1) is 0 Å². The molecule has 1 heterocycles. The normalized spacial score (nSPS) is 20.2. The molecule has 0 saturated heterocycles. The van der Waals surface area contributed by atoms with E-state index in [9.17, 15) is 29.4 Å². The van der Waals surface area contributed by atoms with Gasteiger partial charge in [0.05, 0.1) is 22.3 Å². The van der Waals surface area contributed by atoms with Crippen LogP contribution in [0, 0.1) is 0 Å². The molecule has 2 atom stereocenters. The second-order valence-electron chi connectivity index (χ2n) is 6.81. The highest BCUT2D eigenvalue weighted by Gasteiger charge is 2.37. The van der Waals surface area contributed by atoms with Crippen molar-refractivity contribution >= 4 is 23.9 Å². The minimum atomic E-state index is -1.32. The van der Waals surface area contributed by atoms with E-state index in [0.717, 1.165) is 11.1 Å². The maximum atomic E-state index is 11.9. The maximum absolute atomic E-state index is 11.9. The minimum Gasteiger partial charge on any atom is -0.478 e. The summed E-state index contributed by atoms with van der Waals surface area (Å²) in [5.74, 6) is -4.09. The standard InChI is InChI=1S/C20H14O7/c1-8-4-12(9-2-3-10(17(21)22)14(5-9)18(23)24)13-7-16-15(6-11(8)13)19(25)27-20(16)26/h2-3,5-8,12H,4H2,1H3,(H,21,22)(H,23,24). The van der Waals surface area contributed by atoms with Crippen LogP contribution in [0.2, 0.25) is 0 Å². The Balaban J connectivity index is 1.85. The van der Waals surface area contributed by atoms with Crippen LogP contribution >= 0.6 is 0 Å². The third kappa shape index (κ3) is 2.51. The molecule has 4 rings (SSSR count). The van der Waals surface area contributed by atoms with Gasteiger partial charge < -0.3 is 14.9 Å². The van der Waals surface area contributed by atoms with E-state index in [2.05, 4.69) is 4.74 Å². The van der Waals surface area contributed by atoms with Gasteiger partial charge in [0.1, 0.15) is 0 Å². The number of hydrogen-bond donors (Lipinski definition) is 2. The van der Waals surface area contributed by atoms with E-state index in [4.69, 9.17) is 0 Å². The zero-order valence-corrected chi connectivity index (χ0v) is 14.2. The molecule has 7 heteroatoms. The SMILES string of the molecule is CC1CC(c2ccc(C(=O)O)c(C(=O)O)c2)c2cc3c(cc21)C(=O)OC3=O. The molecular weight excluding hydrogens is 352 g/mol. The van der Waals surface area contributed by atoms with Crippen molar-refractivity contribution in [3.63, 3.8) is 0 Å². The predicted octanol–water partition coefficient (Wildman–Crippen LogP) is 3.03. The van der Waals surface area contributed by atoms with Crippen LogP contribution in [0.25, 0.3) is 0 Å². The van der Waals surface area contributed by atoms with Crippen molar-refractivity contribution in [1.82, 2.24) is 0 Å². The van der Waals surface area contributed by atoms with Crippen molar-refractivity contribution in [2.75, 3.05) is 0 Å². The molecule has 2 aromatic carbocycles. The third-order valence-corrected chi connectivity index (χ3v) is 5.25. The van der Waals surface area contributed by atoms with Gasteiger partial charge in [-0.3, -0.25) is 0 Å². The first-order valence-corrected chi connectivity index (χ1v) is 8.32. The number of carbonyl (C=O) groups excluding carboxylic acids is 2. The van der Waals surface area contributed by atoms with Crippen molar-refractivity contribution < 1.29 is 34.1 Å². The average Bonchev–Trinajstić information content (AvgIpc) is 3.10. The monoisotopic (exact) mass is 366 g/mol. The summed E-state index contributed by atoms with van der Waals surface area (Å²) < 4.78 is 4.66. The van der Waals surface area contributed by atoms with Crippen LogP contribution in [0.3, 0.4) is 0 Å². The van der Waals surface area contributed by atoms with Gasteiger partial charge in [0.2, 0.25) is 0 Å². The number of hydrogen-bond acceptors (Lipinski definition) is 5. The van der Waals surface area contributed by atoms with E-state index >= 15 is 0 Å². The molecule has 2 aliphatic rings. The van der Waals surface area contributed by atoms with Gasteiger partial charge in [-0.25, -0.2) is 19.2 Å². The zero-order chi connectivity index (χ0) is 19.5. The van der Waals surface area contributed by atoms with Crippen LogP contribution in [0.1, 0.15) is 83.3 Å². The number of carboxylic acids is 2. The lowest BCUT2D eigenvalue weighted by molar-refractivity contribution is 0.0442. The molecule has 1 aliphatic heterocycles. The summed E-state index contributed by atoms with van der Waals surface area (Å²) in [5, 5.41) is 18.5. The van der Waals surface area contributed by atoms with Crippen molar-refractivity contribution in [2.24, 2.45) is 0 Å². The fraction of sp³-hybridized carbons (Fsp3) is 0.200. The number of carbonyl (C=O) groups is 4. The summed E-state index contributed by atoms with van der Waals surface area (Å²) in [4.78, 5) is 46.4. The largest absolute Gasteiger partial charge is 0.478 e. The Morgan fingerprint density at radius 1 is 0.926 bits per heavy atom. The second-order valence-corrected chi connectivity index (χ2v) is 6.81. The van der Waals surface area contributed by atoms with E-state index in [1.54, 1.807) is 18.2 Å². The summed E-state index contributed by atoms with van der Waals surface area (Å²) in [7, 11) is 0. The smallest absolute Gasteiger partial charge is 0.346 e. The van der Waals surface area contributed by atoms with Crippen LogP contribution in [0.4, 0.5) is 0 Å². The fourth-order valence-corrected chi connectivity index (χ4v) is 3.96. The van der Waals surface area contributed by atoms with Gasteiger partial charge in [-0.05, 0) is 53.3 Å². The lowest BCUT2D eigenvalue weighted by Crippen LogP contribution is -2.10. The summed E-state index contributed by atoms with van der Waals surface area (Å²) in [5.41, 5.74) is 2.28. The Morgan fingerprint density at radius 3 is 2.11 bits per heavy atom. The molecule has 0 bridgehead atoms. The van der Waals surface area contributed by atoms with Gasteiger partial charge in [0, 0.05) is 5.92 Å². The Hall–Kier alpha value is -3.48. The molecule has 0 aromatic heterocycles. The zero-order valence-electron chi connectivity index (χ0n) is 14.2. The van der Waals surface area contributed by atoms with Gasteiger partial charge >= 0.3 is 23.9 Å². The minimum absolute atomic E-state index is 0.0891. The molecule has 0 radical (unpaired) electrons. The van der Waals surface area contributed by atoms with E-state index in [-0.39, 0.29) is 34.1 Å². The number of benzene rings is 2. The first-order valence-electron chi connectivity index (χ1n) is 8.32. The highest BCUT2D eigenvalue weighted by molar-refractivity contribution is 6.15. The number of cyclic esters (lactones) is 2. The highest BCUT2D eigenvalue weighted by atomic mass is 16.6. The van der Waals surface area contributed by atoms with Crippen molar-refractivity contribution in [2.45, 2.75) is 25.2 Å². The molecule has 2 aromatic rings. The second kappa shape index (κ2) is 5.77. The van der Waals surface area contributed by atoms with Crippen LogP contribution < -0.4 is 0 Å². The lowest BCUT2D eigenvalue weighted by Gasteiger charge is -2.14. The topological polar surface area (TPSA) is 118 Å². The van der Waals surface area contributed by atoms with Gasteiger partial charge in [-0.2, -0.15) is 0 Å². The molecular formula is C20H14O7. The molecule has 1 aliphatic carbocycles. The van der Waals surface area contributed by atoms with Crippen molar-refractivity contribution in [3.8, 4) is 0 Å². The molecule has 0 fully saturated rings. The van der Waals surface area contributed by atoms with E-state index in [1.165, 1.54) is 12.1 Å². The lowest BCUT2D eigenvalue weighted by atomic mass is 9.89. The van der Waals surface area contributed by atoms with Gasteiger partial charge in [0.25, 0.3) is 0 Å². The number of esters is 2. The maximum Gasteiger partial charge on any atom is 0.346 e. The molecule has 0 saturated carbocycles. The van der Waals surface area contributed by atoms with Gasteiger partial charge in [-0.1, -0.05) is 13.0 Å². The predicted molar refractivity (Wildman–Crippen MR) is 91.4 cm³/mol. The molecule has 27 heavy (non-hydrogen) atoms. The van der Waals surface area contributed by atoms with E-state index in [1.807, 2.05) is 6.92 Å². The van der Waals surface area contributed by atoms with Gasteiger partial charge in [0.15, 0.2) is 0 Å². The summed E-state index contributed by atoms with van der Waals surface area (Å²) in [6.07, 6.45) is 0.660. The Morgan fingerprint density at radius 2 is 1.52 bits per heavy atom. The molecule has 2 unspecified atom stereocenters. The number of ether oxygens (including phenoxy) is 1. The van der Waals surface area contributed by atoms with Crippen molar-refractivity contribution in [1.29, 1.82) is 0 Å². The first-order chi connectivity index (χ1) is 12.8. The molecule has 7 nitrogen and oxygen atoms in total. The van der Waals surface area contributed by atoms with Crippen molar-refractivity contribution in [3.05, 3.63) is 69.3 Å². The quantitative estimate of drug-likeness (QED) is 0.633. The van der Waals surface area contributed by atoms with Crippen LogP contribution in [0.5, 0.6) is 0 Å². The third-order valence-electron chi connectivity index (χ3n) is 5.25. The molecule has 2 N–H and O–H groups in total. The van der Waals surface area contributed by atoms with Crippen LogP contribution in [-0.2, 0) is 4.74 Å². The molecule has 136 valence electrons. The number of rotatable bonds is 3. The number of aromatic carboxylic acids is 2. The fourth-order valence-electron chi connectivity index (χ4n) is 3.96.